The first-order valence-corrected chi connectivity index (χ1v) is 9.44. The van der Waals surface area contributed by atoms with Gasteiger partial charge in [0.2, 0.25) is 0 Å². The van der Waals surface area contributed by atoms with Crippen molar-refractivity contribution in [3.63, 3.8) is 0 Å². The van der Waals surface area contributed by atoms with E-state index >= 15 is 0 Å². The minimum Gasteiger partial charge on any atom is -0.343 e. The molecule has 0 radical (unpaired) electrons. The van der Waals surface area contributed by atoms with Crippen molar-refractivity contribution < 1.29 is 4.79 Å². The van der Waals surface area contributed by atoms with E-state index in [2.05, 4.69) is 55.9 Å². The minimum absolute atomic E-state index is 0.0343. The molecule has 28 heavy (non-hydrogen) atoms. The molecule has 0 aliphatic carbocycles. The SMILES string of the molecule is CC(C)c1nnc2n1CCN(c1ccc(C(=O)Nc3ccccc3)nn1)C2C. The fraction of sp³-hybridized carbons (Fsp3) is 0.350. The van der Waals surface area contributed by atoms with Crippen LogP contribution in [-0.4, -0.2) is 37.4 Å². The molecule has 0 saturated carbocycles. The van der Waals surface area contributed by atoms with Crippen LogP contribution in [0.5, 0.6) is 0 Å². The smallest absolute Gasteiger partial charge is 0.276 e. The topological polar surface area (TPSA) is 88.8 Å². The molecule has 1 atom stereocenters. The number of benzene rings is 1. The molecule has 4 rings (SSSR count). The quantitative estimate of drug-likeness (QED) is 0.752. The zero-order valence-electron chi connectivity index (χ0n) is 16.2. The third-order valence-corrected chi connectivity index (χ3v) is 4.94. The first-order valence-electron chi connectivity index (χ1n) is 9.44. The van der Waals surface area contributed by atoms with Crippen LogP contribution in [0.3, 0.4) is 0 Å². The van der Waals surface area contributed by atoms with Gasteiger partial charge in [-0.25, -0.2) is 0 Å². The van der Waals surface area contributed by atoms with E-state index in [1.807, 2.05) is 36.4 Å². The third kappa shape index (κ3) is 3.33. The summed E-state index contributed by atoms with van der Waals surface area (Å²) in [5.41, 5.74) is 1.01. The van der Waals surface area contributed by atoms with Crippen molar-refractivity contribution in [2.75, 3.05) is 16.8 Å². The molecule has 2 aromatic heterocycles. The van der Waals surface area contributed by atoms with Gasteiger partial charge in [0.15, 0.2) is 17.3 Å². The monoisotopic (exact) mass is 377 g/mol. The number of para-hydroxylation sites is 1. The average molecular weight is 377 g/mol. The lowest BCUT2D eigenvalue weighted by Crippen LogP contribution is -2.38. The van der Waals surface area contributed by atoms with Crippen LogP contribution in [0.25, 0.3) is 0 Å². The molecule has 144 valence electrons. The lowest BCUT2D eigenvalue weighted by Gasteiger charge is -2.34. The number of nitrogens with one attached hydrogen (secondary N) is 1. The number of anilines is 2. The first-order chi connectivity index (χ1) is 13.5. The Morgan fingerprint density at radius 3 is 2.50 bits per heavy atom. The van der Waals surface area contributed by atoms with Crippen molar-refractivity contribution in [1.29, 1.82) is 0 Å². The van der Waals surface area contributed by atoms with Gasteiger partial charge in [-0.15, -0.1) is 20.4 Å². The molecule has 1 amide bonds. The third-order valence-electron chi connectivity index (χ3n) is 4.94. The zero-order valence-corrected chi connectivity index (χ0v) is 16.2. The number of rotatable bonds is 4. The summed E-state index contributed by atoms with van der Waals surface area (Å²) in [6.45, 7) is 7.92. The van der Waals surface area contributed by atoms with Crippen LogP contribution in [-0.2, 0) is 6.54 Å². The highest BCUT2D eigenvalue weighted by molar-refractivity contribution is 6.02. The predicted molar refractivity (Wildman–Crippen MR) is 106 cm³/mol. The average Bonchev–Trinajstić information content (AvgIpc) is 3.15. The number of aromatic nitrogens is 5. The maximum absolute atomic E-state index is 12.3. The van der Waals surface area contributed by atoms with Crippen molar-refractivity contribution in [1.82, 2.24) is 25.0 Å². The second-order valence-electron chi connectivity index (χ2n) is 7.19. The highest BCUT2D eigenvalue weighted by Gasteiger charge is 2.30. The molecule has 3 aromatic rings. The molecule has 0 spiro atoms. The van der Waals surface area contributed by atoms with Gasteiger partial charge in [0.05, 0.1) is 6.04 Å². The lowest BCUT2D eigenvalue weighted by atomic mass is 10.1. The normalized spacial score (nSPS) is 16.1. The number of carbonyl (C=O) groups excluding carboxylic acids is 1. The molecule has 0 bridgehead atoms. The van der Waals surface area contributed by atoms with E-state index in [4.69, 9.17) is 0 Å². The summed E-state index contributed by atoms with van der Waals surface area (Å²) in [5.74, 6) is 2.73. The zero-order chi connectivity index (χ0) is 19.7. The molecule has 0 fully saturated rings. The van der Waals surface area contributed by atoms with Gasteiger partial charge in [-0.2, -0.15) is 0 Å². The highest BCUT2D eigenvalue weighted by Crippen LogP contribution is 2.29. The molecule has 0 saturated heterocycles. The number of hydrogen-bond donors (Lipinski definition) is 1. The molecule has 8 nitrogen and oxygen atoms in total. The van der Waals surface area contributed by atoms with Crippen LogP contribution in [0.4, 0.5) is 11.5 Å². The van der Waals surface area contributed by atoms with Gasteiger partial charge in [0, 0.05) is 24.7 Å². The van der Waals surface area contributed by atoms with Gasteiger partial charge in [-0.05, 0) is 31.2 Å². The number of fused-ring (bicyclic) bond motifs is 1. The van der Waals surface area contributed by atoms with E-state index in [1.165, 1.54) is 0 Å². The summed E-state index contributed by atoms with van der Waals surface area (Å²) in [6.07, 6.45) is 0. The van der Waals surface area contributed by atoms with Crippen molar-refractivity contribution >= 4 is 17.4 Å². The molecular formula is C20H23N7O. The fourth-order valence-corrected chi connectivity index (χ4v) is 3.46. The van der Waals surface area contributed by atoms with Crippen LogP contribution in [0.2, 0.25) is 0 Å². The molecular weight excluding hydrogens is 354 g/mol. The van der Waals surface area contributed by atoms with Gasteiger partial charge >= 0.3 is 0 Å². The fourth-order valence-electron chi connectivity index (χ4n) is 3.46. The Labute approximate surface area is 163 Å². The molecule has 1 aliphatic rings. The van der Waals surface area contributed by atoms with Gasteiger partial charge < -0.3 is 14.8 Å². The second kappa shape index (κ2) is 7.38. The Morgan fingerprint density at radius 2 is 1.82 bits per heavy atom. The Bertz CT molecular complexity index is 966. The molecule has 1 unspecified atom stereocenters. The van der Waals surface area contributed by atoms with E-state index in [0.29, 0.717) is 5.92 Å². The number of carbonyl (C=O) groups is 1. The number of amides is 1. The summed E-state index contributed by atoms with van der Waals surface area (Å²) in [6, 6.07) is 12.9. The Morgan fingerprint density at radius 1 is 1.04 bits per heavy atom. The predicted octanol–water partition coefficient (Wildman–Crippen LogP) is 3.03. The maximum atomic E-state index is 12.3. The summed E-state index contributed by atoms with van der Waals surface area (Å²) < 4.78 is 2.20. The summed E-state index contributed by atoms with van der Waals surface area (Å²) >= 11 is 0. The minimum atomic E-state index is -0.279. The van der Waals surface area contributed by atoms with Crippen LogP contribution in [0.1, 0.15) is 54.9 Å². The van der Waals surface area contributed by atoms with E-state index in [0.717, 1.165) is 36.2 Å². The van der Waals surface area contributed by atoms with Crippen molar-refractivity contribution in [3.05, 3.63) is 59.8 Å². The highest BCUT2D eigenvalue weighted by atomic mass is 16.1. The lowest BCUT2D eigenvalue weighted by molar-refractivity contribution is 0.102. The van der Waals surface area contributed by atoms with Crippen molar-refractivity contribution in [3.8, 4) is 0 Å². The largest absolute Gasteiger partial charge is 0.343 e. The molecule has 1 N–H and O–H groups in total. The molecule has 3 heterocycles. The molecule has 1 aliphatic heterocycles. The van der Waals surface area contributed by atoms with Crippen molar-refractivity contribution in [2.45, 2.75) is 39.3 Å². The first kappa shape index (κ1) is 18.1. The van der Waals surface area contributed by atoms with Gasteiger partial charge in [-0.1, -0.05) is 32.0 Å². The van der Waals surface area contributed by atoms with Crippen molar-refractivity contribution in [2.24, 2.45) is 0 Å². The summed E-state index contributed by atoms with van der Waals surface area (Å²) in [5, 5.41) is 20.0. The maximum Gasteiger partial charge on any atom is 0.276 e. The van der Waals surface area contributed by atoms with Gasteiger partial charge in [-0.3, -0.25) is 4.79 Å². The molecule has 8 heteroatoms. The summed E-state index contributed by atoms with van der Waals surface area (Å²) in [4.78, 5) is 14.5. The van der Waals surface area contributed by atoms with Gasteiger partial charge in [0.1, 0.15) is 5.82 Å². The van der Waals surface area contributed by atoms with E-state index in [1.54, 1.807) is 6.07 Å². The molecule has 1 aromatic carbocycles. The van der Waals surface area contributed by atoms with E-state index in [-0.39, 0.29) is 17.6 Å². The van der Waals surface area contributed by atoms with Crippen LogP contribution in [0, 0.1) is 0 Å². The van der Waals surface area contributed by atoms with Crippen LogP contribution in [0.15, 0.2) is 42.5 Å². The van der Waals surface area contributed by atoms with Crippen LogP contribution >= 0.6 is 0 Å². The number of nitrogens with zero attached hydrogens (tertiary/aromatic N) is 6. The Kier molecular flexibility index (Phi) is 4.77. The van der Waals surface area contributed by atoms with Crippen LogP contribution < -0.4 is 10.2 Å². The standard InChI is InChI=1S/C20H23N7O/c1-13(2)18-24-25-19-14(3)26(11-12-27(18)19)17-10-9-16(22-23-17)20(28)21-15-7-5-4-6-8-15/h4-10,13-14H,11-12H2,1-3H3,(H,21,28). The Hall–Kier alpha value is -3.29. The van der Waals surface area contributed by atoms with Gasteiger partial charge in [0.25, 0.3) is 5.91 Å². The number of hydrogen-bond acceptors (Lipinski definition) is 6. The second-order valence-corrected chi connectivity index (χ2v) is 7.19. The van der Waals surface area contributed by atoms with E-state index < -0.39 is 0 Å². The Balaban J connectivity index is 1.50. The van der Waals surface area contributed by atoms with E-state index in [9.17, 15) is 4.79 Å². The summed E-state index contributed by atoms with van der Waals surface area (Å²) in [7, 11) is 0.